The number of rotatable bonds is 10. The quantitative estimate of drug-likeness (QED) is 0.108. The molecular formula is C52H57N9O8. The monoisotopic (exact) mass is 935 g/mol. The Labute approximate surface area is 398 Å². The van der Waals surface area contributed by atoms with Crippen LogP contribution in [0.15, 0.2) is 66.7 Å². The second-order valence-electron chi connectivity index (χ2n) is 20.0. The van der Waals surface area contributed by atoms with E-state index in [1.54, 1.807) is 0 Å². The molecule has 4 amide bonds. The van der Waals surface area contributed by atoms with Gasteiger partial charge in [-0.05, 0) is 128 Å². The summed E-state index contributed by atoms with van der Waals surface area (Å²) < 4.78 is 21.1. The SMILES string of the molecule is COC(=O)N[C@H](C(=O)N1C2C(C[C@H]1c1nc3ccc(-c4ccc5nc(-c6ccc7nc([C@@H]8C[C@H]9C[C@H]9N8C(=O)[C@@H](NC(=O)OC)C8CCOCC8)[nH]c7c6)ccc5c4)cc3[nH]1)[C@H]2C)C1CCOCC1. The van der Waals surface area contributed by atoms with E-state index in [0.717, 1.165) is 86.3 Å². The number of ether oxygens (including phenoxy) is 4. The summed E-state index contributed by atoms with van der Waals surface area (Å²) in [6.45, 7) is 4.43. The second kappa shape index (κ2) is 17.4. The Kier molecular flexibility index (Phi) is 11.0. The molecule has 3 aromatic heterocycles. The van der Waals surface area contributed by atoms with Crippen LogP contribution in [0, 0.1) is 29.6 Å². The van der Waals surface area contributed by atoms with E-state index in [-0.39, 0.29) is 47.8 Å². The molecule has 7 heterocycles. The lowest BCUT2D eigenvalue weighted by molar-refractivity contribution is -0.139. The summed E-state index contributed by atoms with van der Waals surface area (Å²) in [6, 6.07) is 21.2. The molecule has 0 bridgehead atoms. The molecule has 358 valence electrons. The highest BCUT2D eigenvalue weighted by atomic mass is 16.5. The summed E-state index contributed by atoms with van der Waals surface area (Å²) in [6.07, 6.45) is 4.17. The highest BCUT2D eigenvalue weighted by Gasteiger charge is 2.62. The van der Waals surface area contributed by atoms with Gasteiger partial charge in [-0.25, -0.2) is 24.5 Å². The number of hydrogen-bond acceptors (Lipinski definition) is 11. The molecule has 6 aliphatic rings. The van der Waals surface area contributed by atoms with Gasteiger partial charge in [-0.3, -0.25) is 9.59 Å². The van der Waals surface area contributed by atoms with Gasteiger partial charge in [0, 0.05) is 49.5 Å². The number of aromatic amines is 2. The van der Waals surface area contributed by atoms with E-state index in [1.807, 2.05) is 34.1 Å². The minimum atomic E-state index is -0.696. The fourth-order valence-corrected chi connectivity index (χ4v) is 12.2. The van der Waals surface area contributed by atoms with E-state index in [1.165, 1.54) is 14.2 Å². The number of nitrogens with one attached hydrogen (secondary N) is 4. The first-order chi connectivity index (χ1) is 33.6. The maximum Gasteiger partial charge on any atom is 0.407 e. The fraction of sp³-hybridized carbons (Fsp3) is 0.481. The number of carbonyl (C=O) groups is 4. The van der Waals surface area contributed by atoms with Gasteiger partial charge < -0.3 is 49.3 Å². The number of alkyl carbamates (subject to hydrolysis) is 2. The molecule has 4 N–H and O–H groups in total. The smallest absolute Gasteiger partial charge is 0.407 e. The van der Waals surface area contributed by atoms with Crippen molar-refractivity contribution in [3.63, 3.8) is 0 Å². The third-order valence-electron chi connectivity index (χ3n) is 16.2. The number of hydrogen-bond donors (Lipinski definition) is 4. The van der Waals surface area contributed by atoms with Crippen LogP contribution in [0.5, 0.6) is 0 Å². The summed E-state index contributed by atoms with van der Waals surface area (Å²) in [5.74, 6) is 2.48. The molecule has 0 radical (unpaired) electrons. The Morgan fingerprint density at radius 3 is 1.78 bits per heavy atom. The number of benzene rings is 3. The molecule has 4 saturated heterocycles. The number of nitrogens with zero attached hydrogens (tertiary/aromatic N) is 5. The minimum Gasteiger partial charge on any atom is -0.453 e. The van der Waals surface area contributed by atoms with Gasteiger partial charge in [-0.15, -0.1) is 0 Å². The summed E-state index contributed by atoms with van der Waals surface area (Å²) in [5, 5.41) is 6.75. The number of methoxy groups -OCH3 is 2. The van der Waals surface area contributed by atoms with Gasteiger partial charge in [0.1, 0.15) is 23.7 Å². The Morgan fingerprint density at radius 1 is 0.638 bits per heavy atom. The minimum absolute atomic E-state index is 0.0330. The van der Waals surface area contributed by atoms with Gasteiger partial charge in [0.25, 0.3) is 0 Å². The number of piperidine rings is 2. The highest BCUT2D eigenvalue weighted by Crippen LogP contribution is 2.58. The van der Waals surface area contributed by atoms with Crippen LogP contribution in [-0.4, -0.2) is 124 Å². The first-order valence-electron chi connectivity index (χ1n) is 24.5. The third kappa shape index (κ3) is 7.92. The summed E-state index contributed by atoms with van der Waals surface area (Å²) >= 11 is 0. The van der Waals surface area contributed by atoms with Crippen LogP contribution in [0.1, 0.15) is 75.6 Å². The van der Waals surface area contributed by atoms with Crippen LogP contribution < -0.4 is 10.6 Å². The maximum atomic E-state index is 14.5. The van der Waals surface area contributed by atoms with Gasteiger partial charge in [0.05, 0.1) is 59.6 Å². The Bertz CT molecular complexity index is 3000. The molecule has 6 fully saturated rings. The molecular weight excluding hydrogens is 879 g/mol. The molecule has 3 aromatic carbocycles. The number of likely N-dealkylation sites (tertiary alicyclic amines) is 2. The Hall–Kier alpha value is -6.59. The van der Waals surface area contributed by atoms with Crippen LogP contribution in [-0.2, 0) is 28.5 Å². The third-order valence-corrected chi connectivity index (χ3v) is 16.2. The lowest BCUT2D eigenvalue weighted by Gasteiger charge is -2.35. The lowest BCUT2D eigenvalue weighted by Crippen LogP contribution is -2.54. The predicted octanol–water partition coefficient (Wildman–Crippen LogP) is 7.19. The topological polar surface area (TPSA) is 206 Å². The maximum absolute atomic E-state index is 14.5. The van der Waals surface area contributed by atoms with Gasteiger partial charge in [0.2, 0.25) is 11.8 Å². The molecule has 17 nitrogen and oxygen atoms in total. The number of carbonyl (C=O) groups excluding carboxylic acids is 4. The predicted molar refractivity (Wildman–Crippen MR) is 254 cm³/mol. The summed E-state index contributed by atoms with van der Waals surface area (Å²) in [4.78, 5) is 80.0. The lowest BCUT2D eigenvalue weighted by atomic mass is 9.90. The van der Waals surface area contributed by atoms with Crippen molar-refractivity contribution >= 4 is 57.0 Å². The number of amides is 4. The van der Waals surface area contributed by atoms with Crippen LogP contribution in [0.2, 0.25) is 0 Å². The van der Waals surface area contributed by atoms with Gasteiger partial charge in [-0.2, -0.15) is 0 Å². The number of imidazole rings is 2. The average molecular weight is 936 g/mol. The second-order valence-corrected chi connectivity index (χ2v) is 20.0. The molecule has 2 unspecified atom stereocenters. The van der Waals surface area contributed by atoms with Gasteiger partial charge in [0.15, 0.2) is 0 Å². The van der Waals surface area contributed by atoms with Crippen LogP contribution >= 0.6 is 0 Å². The normalized spacial score (nSPS) is 26.4. The molecule has 12 rings (SSSR count). The van der Waals surface area contributed by atoms with Crippen molar-refractivity contribution in [2.24, 2.45) is 29.6 Å². The highest BCUT2D eigenvalue weighted by molar-refractivity contribution is 5.91. The number of fused-ring (bicyclic) bond motifs is 5. The molecule has 69 heavy (non-hydrogen) atoms. The molecule has 9 atom stereocenters. The Balaban J connectivity index is 0.768. The summed E-state index contributed by atoms with van der Waals surface area (Å²) in [5.41, 5.74) is 8.11. The number of pyridine rings is 1. The first kappa shape index (κ1) is 43.7. The zero-order chi connectivity index (χ0) is 47.1. The van der Waals surface area contributed by atoms with Crippen molar-refractivity contribution in [1.82, 2.24) is 45.4 Å². The van der Waals surface area contributed by atoms with Gasteiger partial charge >= 0.3 is 12.2 Å². The van der Waals surface area contributed by atoms with E-state index in [4.69, 9.17) is 33.9 Å². The van der Waals surface area contributed by atoms with E-state index >= 15 is 0 Å². The molecule has 4 aliphatic heterocycles. The van der Waals surface area contributed by atoms with Crippen molar-refractivity contribution in [2.75, 3.05) is 40.6 Å². The van der Waals surface area contributed by atoms with Crippen molar-refractivity contribution < 1.29 is 38.1 Å². The van der Waals surface area contributed by atoms with Crippen molar-refractivity contribution in [1.29, 1.82) is 0 Å². The van der Waals surface area contributed by atoms with E-state index < -0.39 is 24.3 Å². The van der Waals surface area contributed by atoms with Crippen molar-refractivity contribution in [2.45, 2.75) is 88.1 Å². The van der Waals surface area contributed by atoms with Crippen LogP contribution in [0.25, 0.3) is 55.4 Å². The van der Waals surface area contributed by atoms with Crippen LogP contribution in [0.3, 0.4) is 0 Å². The largest absolute Gasteiger partial charge is 0.453 e. The molecule has 17 heteroatoms. The zero-order valence-corrected chi connectivity index (χ0v) is 39.0. The molecule has 2 saturated carbocycles. The fourth-order valence-electron chi connectivity index (χ4n) is 12.2. The van der Waals surface area contributed by atoms with Crippen LogP contribution in [0.4, 0.5) is 9.59 Å². The van der Waals surface area contributed by atoms with Gasteiger partial charge in [-0.1, -0.05) is 31.2 Å². The van der Waals surface area contributed by atoms with Crippen molar-refractivity contribution in [3.8, 4) is 22.4 Å². The average Bonchev–Trinajstić information content (AvgIpc) is 3.88. The zero-order valence-electron chi connectivity index (χ0n) is 39.0. The molecule has 2 aliphatic carbocycles. The van der Waals surface area contributed by atoms with E-state index in [0.29, 0.717) is 69.9 Å². The number of H-pyrrole nitrogens is 2. The summed E-state index contributed by atoms with van der Waals surface area (Å²) in [7, 11) is 2.64. The van der Waals surface area contributed by atoms with E-state index in [9.17, 15) is 19.2 Å². The first-order valence-corrected chi connectivity index (χ1v) is 24.5. The molecule has 6 aromatic rings. The molecule has 0 spiro atoms. The number of aromatic nitrogens is 5. The Morgan fingerprint density at radius 2 is 1.17 bits per heavy atom. The van der Waals surface area contributed by atoms with Crippen molar-refractivity contribution in [3.05, 3.63) is 78.4 Å². The van der Waals surface area contributed by atoms with E-state index in [2.05, 4.69) is 70.0 Å². The standard InChI is InChI=1S/C52H57N9O8/c1-26-34-25-43(61(46(26)34)50(63)45(59-52(65)67-3)28-14-18-69-19-15-28)48-55-37-10-5-30(21-39(37)56-48)29-4-8-35-31(20-29)6-9-36(53-35)32-7-11-38-40(22-32)57-47(54-38)42-24-33-23-41(33)60(42)49(62)44(58-51(64)66-2)27-12-16-68-17-13-27/h4-11,20-22,26-28,33-34,41-46H,12-19,23-25H2,1-3H3,(H,54,57)(H,55,56)(H,58,64)(H,59,65)/t26-,33-,34?,41-,42+,43+,44+,45+,46?/m1/s1.